The van der Waals surface area contributed by atoms with Crippen molar-refractivity contribution < 1.29 is 14.7 Å². The molecule has 1 atom stereocenters. The molecule has 1 amide bonds. The number of hydrogen-bond acceptors (Lipinski definition) is 3. The molecule has 1 aromatic carbocycles. The molecule has 0 aromatic heterocycles. The lowest BCUT2D eigenvalue weighted by Gasteiger charge is -2.32. The third-order valence-corrected chi connectivity index (χ3v) is 4.40. The molecule has 0 spiro atoms. The first-order valence-corrected chi connectivity index (χ1v) is 8.40. The van der Waals surface area contributed by atoms with E-state index in [1.54, 1.807) is 24.3 Å². The monoisotopic (exact) mass is 338 g/mol. The number of nitrogens with one attached hydrogen (secondary N) is 1. The Balaban J connectivity index is 1.70. The van der Waals surface area contributed by atoms with E-state index in [9.17, 15) is 9.59 Å². The average Bonchev–Trinajstić information content (AvgIpc) is 2.54. The van der Waals surface area contributed by atoms with E-state index in [2.05, 4.69) is 10.2 Å². The molecule has 6 heteroatoms. The van der Waals surface area contributed by atoms with Crippen LogP contribution in [0.1, 0.15) is 32.1 Å². The van der Waals surface area contributed by atoms with Crippen LogP contribution in [0.2, 0.25) is 5.02 Å². The normalized spacial score (nSPS) is 18.6. The fourth-order valence-electron chi connectivity index (χ4n) is 2.93. The highest BCUT2D eigenvalue weighted by Crippen LogP contribution is 2.21. The maximum atomic E-state index is 12.0. The van der Waals surface area contributed by atoms with E-state index in [0.717, 1.165) is 38.0 Å². The molecule has 1 aliphatic heterocycles. The van der Waals surface area contributed by atoms with Gasteiger partial charge in [-0.2, -0.15) is 0 Å². The van der Waals surface area contributed by atoms with Gasteiger partial charge in [0.15, 0.2) is 0 Å². The summed E-state index contributed by atoms with van der Waals surface area (Å²) in [4.78, 5) is 24.9. The van der Waals surface area contributed by atoms with Crippen LogP contribution in [-0.2, 0) is 9.59 Å². The quantitative estimate of drug-likeness (QED) is 0.800. The van der Waals surface area contributed by atoms with E-state index in [-0.39, 0.29) is 12.3 Å². The molecule has 0 bridgehead atoms. The van der Waals surface area contributed by atoms with Crippen LogP contribution in [0.15, 0.2) is 24.3 Å². The first-order chi connectivity index (χ1) is 11.0. The number of halogens is 1. The predicted octanol–water partition coefficient (Wildman–Crippen LogP) is 3.25. The van der Waals surface area contributed by atoms with E-state index < -0.39 is 5.97 Å². The van der Waals surface area contributed by atoms with Crippen LogP contribution >= 0.6 is 11.6 Å². The summed E-state index contributed by atoms with van der Waals surface area (Å²) in [5.41, 5.74) is 0.748. The van der Waals surface area contributed by atoms with Crippen LogP contribution in [0.25, 0.3) is 0 Å². The summed E-state index contributed by atoms with van der Waals surface area (Å²) in [6, 6.07) is 7.05. The highest BCUT2D eigenvalue weighted by atomic mass is 35.5. The Morgan fingerprint density at radius 2 is 2.00 bits per heavy atom. The summed E-state index contributed by atoms with van der Waals surface area (Å²) < 4.78 is 0. The van der Waals surface area contributed by atoms with Gasteiger partial charge in [0.05, 0.1) is 0 Å². The van der Waals surface area contributed by atoms with Gasteiger partial charge in [-0.05, 0) is 56.0 Å². The lowest BCUT2D eigenvalue weighted by Crippen LogP contribution is -2.37. The molecule has 1 saturated heterocycles. The topological polar surface area (TPSA) is 69.6 Å². The Labute approximate surface area is 141 Å². The fraction of sp³-hybridized carbons (Fsp3) is 0.529. The van der Waals surface area contributed by atoms with Gasteiger partial charge in [0.1, 0.15) is 0 Å². The van der Waals surface area contributed by atoms with Crippen molar-refractivity contribution in [2.45, 2.75) is 32.1 Å². The summed E-state index contributed by atoms with van der Waals surface area (Å²) in [5.74, 6) is -0.316. The Bertz CT molecular complexity index is 533. The van der Waals surface area contributed by atoms with Gasteiger partial charge < -0.3 is 15.3 Å². The van der Waals surface area contributed by atoms with Crippen molar-refractivity contribution in [1.82, 2.24) is 4.90 Å². The molecule has 0 aliphatic carbocycles. The summed E-state index contributed by atoms with van der Waals surface area (Å²) in [6.45, 7) is 2.59. The number of nitrogens with zero attached hydrogens (tertiary/aromatic N) is 1. The smallest absolute Gasteiger partial charge is 0.303 e. The molecule has 0 radical (unpaired) electrons. The second-order valence-corrected chi connectivity index (χ2v) is 6.48. The third-order valence-electron chi connectivity index (χ3n) is 4.15. The lowest BCUT2D eigenvalue weighted by molar-refractivity contribution is -0.137. The standard InChI is InChI=1S/C17H23ClN2O3/c18-14-4-6-15(7-5-14)19-16(21)9-11-20-10-1-2-13(12-20)3-8-17(22)23/h4-7,13H,1-3,8-12H2,(H,19,21)(H,22,23). The second kappa shape index (κ2) is 8.89. The van der Waals surface area contributed by atoms with Crippen molar-refractivity contribution in [1.29, 1.82) is 0 Å². The molecule has 2 N–H and O–H groups in total. The van der Waals surface area contributed by atoms with Gasteiger partial charge in [0, 0.05) is 36.6 Å². The highest BCUT2D eigenvalue weighted by Gasteiger charge is 2.20. The van der Waals surface area contributed by atoms with Gasteiger partial charge in [0.2, 0.25) is 5.91 Å². The Morgan fingerprint density at radius 3 is 2.70 bits per heavy atom. The number of aliphatic carboxylic acids is 1. The fourth-order valence-corrected chi connectivity index (χ4v) is 3.06. The maximum Gasteiger partial charge on any atom is 0.303 e. The average molecular weight is 339 g/mol. The van der Waals surface area contributed by atoms with Gasteiger partial charge in [-0.25, -0.2) is 0 Å². The molecule has 1 unspecified atom stereocenters. The van der Waals surface area contributed by atoms with E-state index in [1.807, 2.05) is 0 Å². The molecule has 126 valence electrons. The number of piperidine rings is 1. The Hall–Kier alpha value is -1.59. The molecule has 1 fully saturated rings. The summed E-state index contributed by atoms with van der Waals surface area (Å²) in [7, 11) is 0. The molecule has 2 rings (SSSR count). The number of anilines is 1. The van der Waals surface area contributed by atoms with Crippen molar-refractivity contribution in [3.8, 4) is 0 Å². The van der Waals surface area contributed by atoms with Crippen molar-refractivity contribution in [2.75, 3.05) is 25.0 Å². The zero-order valence-electron chi connectivity index (χ0n) is 13.1. The molecular weight excluding hydrogens is 316 g/mol. The molecule has 23 heavy (non-hydrogen) atoms. The summed E-state index contributed by atoms with van der Waals surface area (Å²) >= 11 is 5.81. The number of carboxylic acid groups (broad SMARTS) is 1. The minimum absolute atomic E-state index is 0.0139. The van der Waals surface area contributed by atoms with Crippen LogP contribution < -0.4 is 5.32 Å². The molecular formula is C17H23ClN2O3. The lowest BCUT2D eigenvalue weighted by atomic mass is 9.93. The predicted molar refractivity (Wildman–Crippen MR) is 90.7 cm³/mol. The number of hydrogen-bond donors (Lipinski definition) is 2. The van der Waals surface area contributed by atoms with Crippen LogP contribution in [-0.4, -0.2) is 41.5 Å². The number of benzene rings is 1. The molecule has 1 aliphatic rings. The molecule has 1 aromatic rings. The van der Waals surface area contributed by atoms with Crippen LogP contribution in [0, 0.1) is 5.92 Å². The van der Waals surface area contributed by atoms with Gasteiger partial charge >= 0.3 is 5.97 Å². The second-order valence-electron chi connectivity index (χ2n) is 6.05. The van der Waals surface area contributed by atoms with Crippen molar-refractivity contribution in [2.24, 2.45) is 5.92 Å². The highest BCUT2D eigenvalue weighted by molar-refractivity contribution is 6.30. The van der Waals surface area contributed by atoms with Crippen molar-refractivity contribution in [3.63, 3.8) is 0 Å². The number of carboxylic acids is 1. The number of amides is 1. The number of carbonyl (C=O) groups excluding carboxylic acids is 1. The first kappa shape index (κ1) is 17.8. The number of likely N-dealkylation sites (tertiary alicyclic amines) is 1. The van der Waals surface area contributed by atoms with Gasteiger partial charge in [-0.15, -0.1) is 0 Å². The van der Waals surface area contributed by atoms with Crippen molar-refractivity contribution >= 4 is 29.2 Å². The summed E-state index contributed by atoms with van der Waals surface area (Å²) in [6.07, 6.45) is 3.55. The minimum Gasteiger partial charge on any atom is -0.481 e. The SMILES string of the molecule is O=C(O)CCC1CCCN(CCC(=O)Nc2ccc(Cl)cc2)C1. The molecule has 0 saturated carbocycles. The van der Waals surface area contributed by atoms with Crippen LogP contribution in [0.3, 0.4) is 0 Å². The van der Waals surface area contributed by atoms with Gasteiger partial charge in [-0.1, -0.05) is 11.6 Å². The van der Waals surface area contributed by atoms with E-state index in [4.69, 9.17) is 16.7 Å². The minimum atomic E-state index is -0.732. The van der Waals surface area contributed by atoms with E-state index in [0.29, 0.717) is 23.9 Å². The third kappa shape index (κ3) is 6.59. The summed E-state index contributed by atoms with van der Waals surface area (Å²) in [5, 5.41) is 12.3. The van der Waals surface area contributed by atoms with E-state index >= 15 is 0 Å². The molecule has 5 nitrogen and oxygen atoms in total. The van der Waals surface area contributed by atoms with E-state index in [1.165, 1.54) is 0 Å². The van der Waals surface area contributed by atoms with Gasteiger partial charge in [-0.3, -0.25) is 9.59 Å². The zero-order chi connectivity index (χ0) is 16.7. The Kier molecular flexibility index (Phi) is 6.86. The number of carbonyl (C=O) groups is 2. The van der Waals surface area contributed by atoms with Crippen LogP contribution in [0.5, 0.6) is 0 Å². The van der Waals surface area contributed by atoms with Crippen molar-refractivity contribution in [3.05, 3.63) is 29.3 Å². The van der Waals surface area contributed by atoms with Gasteiger partial charge in [0.25, 0.3) is 0 Å². The van der Waals surface area contributed by atoms with Crippen LogP contribution in [0.4, 0.5) is 5.69 Å². The first-order valence-electron chi connectivity index (χ1n) is 8.02. The maximum absolute atomic E-state index is 12.0. The largest absolute Gasteiger partial charge is 0.481 e. The Morgan fingerprint density at radius 1 is 1.26 bits per heavy atom. The molecule has 1 heterocycles. The zero-order valence-corrected chi connectivity index (χ0v) is 13.9. The number of rotatable bonds is 7.